The van der Waals surface area contributed by atoms with E-state index in [2.05, 4.69) is 66.5 Å². The molecule has 4 aromatic rings. The van der Waals surface area contributed by atoms with Crippen LogP contribution in [0.15, 0.2) is 35.6 Å². The van der Waals surface area contributed by atoms with Crippen LogP contribution >= 0.6 is 11.3 Å². The maximum atomic E-state index is 13.3. The number of thiophene rings is 1. The van der Waals surface area contributed by atoms with Gasteiger partial charge in [-0.1, -0.05) is 46.1 Å². The zero-order valence-electron chi connectivity index (χ0n) is 23.9. The van der Waals surface area contributed by atoms with Crippen LogP contribution in [0.4, 0.5) is 5.00 Å². The van der Waals surface area contributed by atoms with Gasteiger partial charge >= 0.3 is 0 Å². The Morgan fingerprint density at radius 2 is 1.90 bits per heavy atom. The number of aromatic nitrogens is 4. The average molecular weight is 564 g/mol. The first-order valence-corrected chi connectivity index (χ1v) is 18.2. The second-order valence-electron chi connectivity index (χ2n) is 12.7. The number of benzene rings is 1. The molecule has 1 N–H and O–H groups in total. The van der Waals surface area contributed by atoms with Gasteiger partial charge in [-0.05, 0) is 61.9 Å². The molecule has 1 aromatic carbocycles. The van der Waals surface area contributed by atoms with Gasteiger partial charge in [-0.15, -0.1) is 11.3 Å². The molecule has 1 saturated heterocycles. The summed E-state index contributed by atoms with van der Waals surface area (Å²) in [6, 6.07) is 7.36. The summed E-state index contributed by atoms with van der Waals surface area (Å²) < 4.78 is 9.05. The molecule has 0 amide bonds. The fourth-order valence-corrected chi connectivity index (χ4v) is 9.21. The van der Waals surface area contributed by atoms with E-state index in [1.807, 2.05) is 6.33 Å². The number of nitrogens with zero attached hydrogens (tertiary/aromatic N) is 4. The van der Waals surface area contributed by atoms with Gasteiger partial charge in [-0.25, -0.2) is 9.97 Å². The zero-order valence-corrected chi connectivity index (χ0v) is 25.8. The van der Waals surface area contributed by atoms with Crippen LogP contribution in [0, 0.1) is 5.41 Å². The number of H-pyrrole nitrogens is 1. The lowest BCUT2D eigenvalue weighted by molar-refractivity contribution is 0.0639. The molecule has 6 rings (SSSR count). The first kappa shape index (κ1) is 26.7. The summed E-state index contributed by atoms with van der Waals surface area (Å²) in [7, 11) is -1.25. The highest BCUT2D eigenvalue weighted by Crippen LogP contribution is 2.46. The highest BCUT2D eigenvalue weighted by Gasteiger charge is 2.41. The maximum absolute atomic E-state index is 13.3. The largest absolute Gasteiger partial charge is 0.415 e. The summed E-state index contributed by atoms with van der Waals surface area (Å²) in [6.45, 7) is 12.2. The second kappa shape index (κ2) is 10.5. The third kappa shape index (κ3) is 4.98. The second-order valence-corrected chi connectivity index (χ2v) is 16.1. The van der Waals surface area contributed by atoms with E-state index in [0.717, 1.165) is 45.9 Å². The minimum Gasteiger partial charge on any atom is -0.415 e. The van der Waals surface area contributed by atoms with Crippen LogP contribution in [-0.2, 0) is 4.43 Å². The molecule has 208 valence electrons. The van der Waals surface area contributed by atoms with Gasteiger partial charge in [-0.2, -0.15) is 0 Å². The van der Waals surface area contributed by atoms with Gasteiger partial charge in [-0.3, -0.25) is 4.79 Å². The lowest BCUT2D eigenvalue weighted by atomic mass is 9.84. The molecule has 1 unspecified atom stereocenters. The van der Waals surface area contributed by atoms with Crippen molar-refractivity contribution in [1.29, 1.82) is 0 Å². The molecule has 4 heterocycles. The Morgan fingerprint density at radius 1 is 1.10 bits per heavy atom. The summed E-state index contributed by atoms with van der Waals surface area (Å²) in [5.74, 6) is 0. The van der Waals surface area contributed by atoms with E-state index in [1.54, 1.807) is 11.3 Å². The Balaban J connectivity index is 1.43. The summed E-state index contributed by atoms with van der Waals surface area (Å²) in [6.07, 6.45) is 12.2. The topological polar surface area (TPSA) is 76.0 Å². The SMILES string of the molecule is C[SiH](C)OC([C@H]1CCCN1c1sc(-c2ccc3c(c2)ncn3C2CCCCC2)c2nc[nH]c(=O)c12)C(C)(C)C. The number of nitrogens with one attached hydrogen (secondary N) is 1. The van der Waals surface area contributed by atoms with Crippen molar-refractivity contribution in [1.82, 2.24) is 19.5 Å². The standard InChI is InChI=1S/C30H41N5O2SSi/c1-30(2,3)27(37-39(4)5)23-12-9-15-34(23)29-24-25(31-17-32-28(24)36)26(38-29)19-13-14-22-21(16-19)33-18-35(22)20-10-7-6-8-11-20/h13-14,16-18,20,23,27,39H,6-12,15H2,1-5H3,(H,31,32,36)/t23-,27?/m1/s1. The summed E-state index contributed by atoms with van der Waals surface area (Å²) in [4.78, 5) is 29.2. The van der Waals surface area contributed by atoms with Crippen LogP contribution in [0.3, 0.4) is 0 Å². The van der Waals surface area contributed by atoms with E-state index >= 15 is 0 Å². The van der Waals surface area contributed by atoms with E-state index in [9.17, 15) is 4.79 Å². The first-order chi connectivity index (χ1) is 18.7. The van der Waals surface area contributed by atoms with Crippen LogP contribution in [-0.4, -0.2) is 47.2 Å². The third-order valence-corrected chi connectivity index (χ3v) is 10.6. The fraction of sp³-hybridized carbons (Fsp3) is 0.567. The first-order valence-electron chi connectivity index (χ1n) is 14.6. The van der Waals surface area contributed by atoms with Crippen LogP contribution in [0.2, 0.25) is 13.1 Å². The highest BCUT2D eigenvalue weighted by molar-refractivity contribution is 7.21. The molecule has 0 bridgehead atoms. The molecule has 2 atom stereocenters. The van der Waals surface area contributed by atoms with Gasteiger partial charge in [0.2, 0.25) is 0 Å². The molecule has 1 saturated carbocycles. The number of imidazole rings is 1. The maximum Gasteiger partial charge on any atom is 0.261 e. The quantitative estimate of drug-likeness (QED) is 0.259. The highest BCUT2D eigenvalue weighted by atomic mass is 32.1. The molecule has 2 aliphatic rings. The lowest BCUT2D eigenvalue weighted by Crippen LogP contribution is -2.49. The smallest absolute Gasteiger partial charge is 0.261 e. The molecular weight excluding hydrogens is 523 g/mol. The zero-order chi connectivity index (χ0) is 27.3. The normalized spacial score (nSPS) is 20.1. The Labute approximate surface area is 236 Å². The van der Waals surface area contributed by atoms with Crippen LogP contribution in [0.5, 0.6) is 0 Å². The Hall–Kier alpha value is -2.49. The van der Waals surface area contributed by atoms with E-state index in [1.165, 1.54) is 43.9 Å². The average Bonchev–Trinajstić information content (AvgIpc) is 3.63. The molecule has 9 heteroatoms. The lowest BCUT2D eigenvalue weighted by Gasteiger charge is -2.41. The van der Waals surface area contributed by atoms with E-state index < -0.39 is 9.04 Å². The van der Waals surface area contributed by atoms with Crippen LogP contribution in [0.1, 0.15) is 71.8 Å². The van der Waals surface area contributed by atoms with Crippen molar-refractivity contribution in [2.45, 2.75) is 97.0 Å². The predicted octanol–water partition coefficient (Wildman–Crippen LogP) is 6.89. The van der Waals surface area contributed by atoms with Crippen LogP contribution < -0.4 is 10.5 Å². The van der Waals surface area contributed by atoms with Gasteiger partial charge in [0.15, 0.2) is 9.04 Å². The molecule has 2 fully saturated rings. The molecule has 1 aliphatic carbocycles. The van der Waals surface area contributed by atoms with Crippen molar-refractivity contribution < 1.29 is 4.43 Å². The van der Waals surface area contributed by atoms with Gasteiger partial charge in [0.05, 0.1) is 46.2 Å². The molecule has 1 aliphatic heterocycles. The number of hydrogen-bond donors (Lipinski definition) is 1. The molecule has 39 heavy (non-hydrogen) atoms. The van der Waals surface area contributed by atoms with Crippen molar-refractivity contribution in [3.63, 3.8) is 0 Å². The Bertz CT molecular complexity index is 1530. The van der Waals surface area contributed by atoms with E-state index in [-0.39, 0.29) is 23.1 Å². The van der Waals surface area contributed by atoms with Crippen molar-refractivity contribution in [3.05, 3.63) is 41.2 Å². The Kier molecular flexibility index (Phi) is 7.18. The minimum atomic E-state index is -1.25. The summed E-state index contributed by atoms with van der Waals surface area (Å²) in [5.41, 5.74) is 3.99. The summed E-state index contributed by atoms with van der Waals surface area (Å²) >= 11 is 1.70. The van der Waals surface area contributed by atoms with Crippen LogP contribution in [0.25, 0.3) is 32.4 Å². The monoisotopic (exact) mass is 563 g/mol. The number of rotatable bonds is 6. The van der Waals surface area contributed by atoms with Crippen molar-refractivity contribution in [2.75, 3.05) is 11.4 Å². The predicted molar refractivity (Wildman–Crippen MR) is 165 cm³/mol. The molecule has 0 spiro atoms. The third-order valence-electron chi connectivity index (χ3n) is 8.47. The van der Waals surface area contributed by atoms with Gasteiger partial charge < -0.3 is 18.9 Å². The van der Waals surface area contributed by atoms with Gasteiger partial charge in [0.1, 0.15) is 10.4 Å². The Morgan fingerprint density at radius 3 is 2.64 bits per heavy atom. The van der Waals surface area contributed by atoms with Crippen molar-refractivity contribution in [2.24, 2.45) is 5.41 Å². The molecular formula is C30H41N5O2SSi. The molecule has 7 nitrogen and oxygen atoms in total. The fourth-order valence-electron chi connectivity index (χ4n) is 6.71. The van der Waals surface area contributed by atoms with E-state index in [0.29, 0.717) is 11.4 Å². The van der Waals surface area contributed by atoms with Gasteiger partial charge in [0, 0.05) is 12.6 Å². The van der Waals surface area contributed by atoms with Crippen molar-refractivity contribution in [3.8, 4) is 10.4 Å². The number of aromatic amines is 1. The number of hydrogen-bond acceptors (Lipinski definition) is 6. The molecule has 0 radical (unpaired) electrons. The number of anilines is 1. The molecule has 3 aromatic heterocycles. The van der Waals surface area contributed by atoms with E-state index in [4.69, 9.17) is 14.4 Å². The summed E-state index contributed by atoms with van der Waals surface area (Å²) in [5, 5.41) is 1.72. The number of fused-ring (bicyclic) bond motifs is 2. The van der Waals surface area contributed by atoms with Crippen molar-refractivity contribution >= 4 is 47.3 Å². The minimum absolute atomic E-state index is 0.00723. The van der Waals surface area contributed by atoms with Gasteiger partial charge in [0.25, 0.3) is 5.56 Å².